The number of ether oxygens (including phenoxy) is 1. The number of likely N-dealkylation sites (N-methyl/N-ethyl adjacent to an activating group) is 1. The van der Waals surface area contributed by atoms with Crippen molar-refractivity contribution in [3.63, 3.8) is 0 Å². The van der Waals surface area contributed by atoms with Crippen molar-refractivity contribution in [2.45, 2.75) is 52.7 Å². The molecule has 0 aromatic carbocycles. The molecule has 0 bridgehead atoms. The smallest absolute Gasteiger partial charge is 0.293 e. The maximum Gasteiger partial charge on any atom is 0.293 e. The van der Waals surface area contributed by atoms with Crippen molar-refractivity contribution in [2.75, 3.05) is 31.6 Å². The molecule has 0 radical (unpaired) electrons. The Labute approximate surface area is 133 Å². The number of aromatic amines is 1. The van der Waals surface area contributed by atoms with Crippen LogP contribution in [0.2, 0.25) is 0 Å². The number of rotatable bonds is 2. The maximum absolute atomic E-state index is 9.60. The molecule has 22 heavy (non-hydrogen) atoms. The number of anilines is 1. The number of hydrogen-bond acceptors (Lipinski definition) is 5. The van der Waals surface area contributed by atoms with E-state index in [1.54, 1.807) is 0 Å². The number of nitrogens with one attached hydrogen (secondary N) is 1. The Kier molecular flexibility index (Phi) is 6.00. The van der Waals surface area contributed by atoms with Gasteiger partial charge >= 0.3 is 0 Å². The number of piperazine rings is 1. The van der Waals surface area contributed by atoms with Gasteiger partial charge in [0.1, 0.15) is 5.60 Å². The zero-order valence-electron chi connectivity index (χ0n) is 14.9. The normalized spacial score (nSPS) is 18.4. The third kappa shape index (κ3) is 5.67. The summed E-state index contributed by atoms with van der Waals surface area (Å²) in [5.41, 5.74) is 0.968. The van der Waals surface area contributed by atoms with Crippen molar-refractivity contribution in [1.82, 2.24) is 15.1 Å². The number of aromatic nitrogens is 2. The van der Waals surface area contributed by atoms with Gasteiger partial charge in [0.2, 0.25) is 0 Å². The molecule has 6 heteroatoms. The largest absolute Gasteiger partial charge is 0.462 e. The Morgan fingerprint density at radius 3 is 2.36 bits per heavy atom. The summed E-state index contributed by atoms with van der Waals surface area (Å²) in [6.07, 6.45) is 0. The number of nitrogens with zero attached hydrogens (tertiary/aromatic N) is 3. The highest BCUT2D eigenvalue weighted by Crippen LogP contribution is 2.25. The van der Waals surface area contributed by atoms with E-state index in [4.69, 9.17) is 0 Å². The van der Waals surface area contributed by atoms with Gasteiger partial charge < -0.3 is 14.5 Å². The summed E-state index contributed by atoms with van der Waals surface area (Å²) in [6.45, 7) is 15.7. The lowest BCUT2D eigenvalue weighted by Gasteiger charge is -2.46. The van der Waals surface area contributed by atoms with E-state index >= 15 is 0 Å². The van der Waals surface area contributed by atoms with Gasteiger partial charge in [-0.15, -0.1) is 0 Å². The second kappa shape index (κ2) is 7.13. The summed E-state index contributed by atoms with van der Waals surface area (Å²) in [4.78, 5) is 14.4. The third-order valence-corrected chi connectivity index (χ3v) is 3.46. The molecule has 0 spiro atoms. The van der Waals surface area contributed by atoms with Crippen molar-refractivity contribution in [1.29, 1.82) is 0 Å². The Morgan fingerprint density at radius 1 is 1.36 bits per heavy atom. The number of carbonyl (C=O) groups excluding carboxylic acids is 1. The lowest BCUT2D eigenvalue weighted by Crippen LogP contribution is -2.58. The van der Waals surface area contributed by atoms with Crippen molar-refractivity contribution in [3.8, 4) is 0 Å². The molecule has 126 valence electrons. The molecule has 0 atom stereocenters. The summed E-state index contributed by atoms with van der Waals surface area (Å²) in [7, 11) is 2.18. The lowest BCUT2D eigenvalue weighted by atomic mass is 9.99. The molecule has 1 aromatic rings. The van der Waals surface area contributed by atoms with Crippen molar-refractivity contribution < 1.29 is 9.53 Å². The fourth-order valence-electron chi connectivity index (χ4n) is 2.51. The van der Waals surface area contributed by atoms with Gasteiger partial charge in [0.25, 0.3) is 6.47 Å². The SMILES string of the molecule is CC(C)(C)OC=O.Cc1cc(N2CCN(C)CC2(C)C)n[nH]1. The van der Waals surface area contributed by atoms with E-state index in [9.17, 15) is 4.79 Å². The Balaban J connectivity index is 0.000000295. The van der Waals surface area contributed by atoms with Gasteiger partial charge in [-0.05, 0) is 48.6 Å². The topological polar surface area (TPSA) is 61.5 Å². The molecule has 6 nitrogen and oxygen atoms in total. The molecule has 2 heterocycles. The first-order valence-electron chi connectivity index (χ1n) is 7.65. The molecule has 2 rings (SSSR count). The Morgan fingerprint density at radius 2 is 2.00 bits per heavy atom. The summed E-state index contributed by atoms with van der Waals surface area (Å²) in [5.74, 6) is 1.07. The number of aryl methyl sites for hydroxylation is 1. The van der Waals surface area contributed by atoms with Crippen LogP contribution in [0.5, 0.6) is 0 Å². The molecular weight excluding hydrogens is 280 g/mol. The molecular formula is C16H30N4O2. The zero-order chi connectivity index (χ0) is 17.0. The lowest BCUT2D eigenvalue weighted by molar-refractivity contribution is -0.138. The fourth-order valence-corrected chi connectivity index (χ4v) is 2.51. The van der Waals surface area contributed by atoms with Gasteiger partial charge in [0.15, 0.2) is 5.82 Å². The van der Waals surface area contributed by atoms with Crippen LogP contribution in [0.25, 0.3) is 0 Å². The summed E-state index contributed by atoms with van der Waals surface area (Å²) < 4.78 is 4.55. The van der Waals surface area contributed by atoms with Crippen LogP contribution in [0, 0.1) is 6.92 Å². The van der Waals surface area contributed by atoms with Crippen molar-refractivity contribution >= 4 is 12.3 Å². The summed E-state index contributed by atoms with van der Waals surface area (Å²) in [6, 6.07) is 2.12. The molecule has 1 N–H and O–H groups in total. The van der Waals surface area contributed by atoms with Crippen LogP contribution in [0.3, 0.4) is 0 Å². The number of hydrogen-bond donors (Lipinski definition) is 1. The molecule has 1 aliphatic heterocycles. The summed E-state index contributed by atoms with van der Waals surface area (Å²) in [5, 5.41) is 7.35. The van der Waals surface area contributed by atoms with E-state index in [2.05, 4.69) is 51.7 Å². The standard InChI is InChI=1S/C11H20N4.C5H10O2/c1-9-7-10(13-12-9)15-6-5-14(4)8-11(15,2)3;1-5(2,3)7-4-6/h7H,5-6,8H2,1-4H3,(H,12,13);4H,1-3H3. The molecule has 1 fully saturated rings. The molecule has 1 aromatic heterocycles. The average Bonchev–Trinajstić information content (AvgIpc) is 2.73. The Hall–Kier alpha value is -1.56. The minimum absolute atomic E-state index is 0.161. The van der Waals surface area contributed by atoms with Gasteiger partial charge in [-0.3, -0.25) is 9.89 Å². The van der Waals surface area contributed by atoms with Crippen LogP contribution >= 0.6 is 0 Å². The fraction of sp³-hybridized carbons (Fsp3) is 0.750. The molecule has 1 aliphatic rings. The highest BCUT2D eigenvalue weighted by Gasteiger charge is 2.33. The molecule has 1 saturated heterocycles. The molecule has 0 amide bonds. The van der Waals surface area contributed by atoms with E-state index in [1.165, 1.54) is 0 Å². The van der Waals surface area contributed by atoms with E-state index in [0.29, 0.717) is 6.47 Å². The minimum Gasteiger partial charge on any atom is -0.462 e. The number of carbonyl (C=O) groups is 1. The second-order valence-corrected chi connectivity index (χ2v) is 7.44. The van der Waals surface area contributed by atoms with Crippen LogP contribution in [-0.2, 0) is 9.53 Å². The van der Waals surface area contributed by atoms with Crippen molar-refractivity contribution in [2.24, 2.45) is 0 Å². The molecule has 0 unspecified atom stereocenters. The van der Waals surface area contributed by atoms with E-state index < -0.39 is 0 Å². The highest BCUT2D eigenvalue weighted by molar-refractivity contribution is 5.43. The predicted molar refractivity (Wildman–Crippen MR) is 89.1 cm³/mol. The zero-order valence-corrected chi connectivity index (χ0v) is 14.9. The average molecular weight is 310 g/mol. The Bertz CT molecular complexity index is 477. The van der Waals surface area contributed by atoms with Crippen LogP contribution in [0.1, 0.15) is 40.3 Å². The van der Waals surface area contributed by atoms with Gasteiger partial charge in [0, 0.05) is 36.9 Å². The molecule has 0 saturated carbocycles. The second-order valence-electron chi connectivity index (χ2n) is 7.44. The van der Waals surface area contributed by atoms with Crippen LogP contribution in [0.4, 0.5) is 5.82 Å². The first kappa shape index (κ1) is 18.5. The van der Waals surface area contributed by atoms with E-state index in [1.807, 2.05) is 27.7 Å². The summed E-state index contributed by atoms with van der Waals surface area (Å²) >= 11 is 0. The predicted octanol–water partition coefficient (Wildman–Crippen LogP) is 2.21. The van der Waals surface area contributed by atoms with Crippen LogP contribution in [-0.4, -0.2) is 59.4 Å². The van der Waals surface area contributed by atoms with Crippen LogP contribution < -0.4 is 4.90 Å². The van der Waals surface area contributed by atoms with Crippen LogP contribution in [0.15, 0.2) is 6.07 Å². The molecule has 0 aliphatic carbocycles. The highest BCUT2D eigenvalue weighted by atomic mass is 16.5. The van der Waals surface area contributed by atoms with Gasteiger partial charge in [0.05, 0.1) is 0 Å². The first-order chi connectivity index (χ1) is 10.0. The first-order valence-corrected chi connectivity index (χ1v) is 7.65. The van der Waals surface area contributed by atoms with Gasteiger partial charge in [-0.1, -0.05) is 0 Å². The maximum atomic E-state index is 9.60. The number of H-pyrrole nitrogens is 1. The monoisotopic (exact) mass is 310 g/mol. The van der Waals surface area contributed by atoms with Gasteiger partial charge in [-0.25, -0.2) is 0 Å². The van der Waals surface area contributed by atoms with E-state index in [-0.39, 0.29) is 11.1 Å². The minimum atomic E-state index is -0.318. The quantitative estimate of drug-likeness (QED) is 0.849. The van der Waals surface area contributed by atoms with Gasteiger partial charge in [-0.2, -0.15) is 5.10 Å². The van der Waals surface area contributed by atoms with Crippen molar-refractivity contribution in [3.05, 3.63) is 11.8 Å². The van der Waals surface area contributed by atoms with E-state index in [0.717, 1.165) is 31.1 Å². The third-order valence-electron chi connectivity index (χ3n) is 3.46.